The lowest BCUT2D eigenvalue weighted by Gasteiger charge is -2.45. The molecule has 0 aliphatic carbocycles. The Morgan fingerprint density at radius 1 is 0.419 bits per heavy atom. The van der Waals surface area contributed by atoms with Gasteiger partial charge in [0.15, 0.2) is 5.12 Å². The van der Waals surface area contributed by atoms with E-state index in [1.807, 2.05) is 0 Å². The van der Waals surface area contributed by atoms with Crippen molar-refractivity contribution in [1.82, 2.24) is 0 Å². The number of halogens is 23. The van der Waals surface area contributed by atoms with Crippen LogP contribution in [0.15, 0.2) is 0 Å². The molecule has 0 saturated heterocycles. The van der Waals surface area contributed by atoms with Crippen molar-refractivity contribution in [3.05, 3.63) is 0 Å². The van der Waals surface area contributed by atoms with Crippen LogP contribution in [0.2, 0.25) is 0 Å². The van der Waals surface area contributed by atoms with Crippen LogP contribution in [0.25, 0.3) is 0 Å². The van der Waals surface area contributed by atoms with Crippen LogP contribution in [0.1, 0.15) is 12.8 Å². The van der Waals surface area contributed by atoms with Gasteiger partial charge in [-0.15, -0.1) is 0 Å². The van der Waals surface area contributed by atoms with Gasteiger partial charge in [-0.05, 0) is 11.8 Å². The van der Waals surface area contributed by atoms with Gasteiger partial charge in [0, 0.05) is 12.8 Å². The molecule has 0 amide bonds. The van der Waals surface area contributed by atoms with Gasteiger partial charge in [0.25, 0.3) is 0 Å². The van der Waals surface area contributed by atoms with Crippen molar-refractivity contribution in [3.8, 4) is 0 Å². The highest BCUT2D eigenvalue weighted by Gasteiger charge is 2.98. The highest BCUT2D eigenvalue weighted by molar-refractivity contribution is 8.26. The highest BCUT2D eigenvalue weighted by Crippen LogP contribution is 2.67. The monoisotopic (exact) mass is 716 g/mol. The molecule has 0 fully saturated rings. The fraction of sp³-hybridized carbons (Fsp3) is 0.875. The third kappa shape index (κ3) is 5.79. The Morgan fingerprint density at radius 3 is 0.930 bits per heavy atom. The molecule has 43 heavy (non-hydrogen) atoms. The van der Waals surface area contributed by atoms with Gasteiger partial charge in [0.05, 0.1) is 0 Å². The zero-order valence-electron chi connectivity index (χ0n) is 19.0. The summed E-state index contributed by atoms with van der Waals surface area (Å²) >= 11 is -0.819. The molecule has 0 saturated carbocycles. The first kappa shape index (κ1) is 41.0. The summed E-state index contributed by atoms with van der Waals surface area (Å²) in [5.41, 5.74) is 0. The Kier molecular flexibility index (Phi) is 10.6. The molecule has 0 atom stereocenters. The van der Waals surface area contributed by atoms with E-state index in [9.17, 15) is 111 Å². The number of alkyl halides is 23. The molecule has 0 aromatic heterocycles. The summed E-state index contributed by atoms with van der Waals surface area (Å²) in [6.07, 6.45) is -13.6. The van der Waals surface area contributed by atoms with Crippen molar-refractivity contribution < 1.29 is 116 Å². The average molecular weight is 716 g/mol. The molecule has 3 nitrogen and oxygen atoms in total. The number of hydrogen-bond acceptors (Lipinski definition) is 4. The molecule has 0 spiro atoms. The standard InChI is InChI=1S/C16H7F23O3S/c17-6(18,2-1-4(41)43-5(42)3-40)7(19,20)8(21,22)9(23,24)10(25,26)11(27,28)12(29,30)13(31,32)14(33,34)15(35,36)16(37,38)39/h40H,1-3H2. The zero-order valence-corrected chi connectivity index (χ0v) is 19.8. The van der Waals surface area contributed by atoms with Crippen LogP contribution in [-0.4, -0.2) is 87.3 Å². The van der Waals surface area contributed by atoms with Gasteiger partial charge in [0.1, 0.15) is 6.61 Å². The SMILES string of the molecule is O=C(CO)SC(=O)CCC(F)(F)C(F)(F)C(F)(F)C(F)(F)C(F)(F)C(F)(F)C(F)(F)C(F)(F)C(F)(F)C(F)(F)C(F)(F)F. The van der Waals surface area contributed by atoms with E-state index >= 15 is 0 Å². The summed E-state index contributed by atoms with van der Waals surface area (Å²) in [7, 11) is 0. The Hall–Kier alpha value is -1.96. The molecule has 0 unspecified atom stereocenters. The molecule has 0 bridgehead atoms. The molecule has 0 heterocycles. The van der Waals surface area contributed by atoms with Crippen molar-refractivity contribution in [2.45, 2.75) is 78.2 Å². The maximum Gasteiger partial charge on any atom is 0.460 e. The summed E-state index contributed by atoms with van der Waals surface area (Å²) in [5.74, 6) is -88.6. The summed E-state index contributed by atoms with van der Waals surface area (Å²) in [5, 5.41) is 4.55. The lowest BCUT2D eigenvalue weighted by molar-refractivity contribution is -0.478. The van der Waals surface area contributed by atoms with E-state index in [1.54, 1.807) is 0 Å². The second-order valence-corrected chi connectivity index (χ2v) is 8.99. The van der Waals surface area contributed by atoms with Crippen molar-refractivity contribution in [1.29, 1.82) is 0 Å². The number of aliphatic hydroxyl groups is 1. The first-order valence-corrected chi connectivity index (χ1v) is 10.4. The minimum Gasteiger partial charge on any atom is -0.388 e. The third-order valence-electron chi connectivity index (χ3n) is 4.97. The summed E-state index contributed by atoms with van der Waals surface area (Å²) in [4.78, 5) is 21.8. The van der Waals surface area contributed by atoms with E-state index in [1.165, 1.54) is 0 Å². The van der Waals surface area contributed by atoms with Gasteiger partial charge in [-0.2, -0.15) is 101 Å². The van der Waals surface area contributed by atoms with E-state index in [2.05, 4.69) is 0 Å². The Morgan fingerprint density at radius 2 is 0.674 bits per heavy atom. The van der Waals surface area contributed by atoms with Crippen LogP contribution >= 0.6 is 11.8 Å². The second kappa shape index (κ2) is 11.1. The maximum atomic E-state index is 13.7. The van der Waals surface area contributed by atoms with Crippen molar-refractivity contribution in [2.75, 3.05) is 6.61 Å². The highest BCUT2D eigenvalue weighted by atomic mass is 32.2. The number of carbonyl (C=O) groups excluding carboxylic acids is 2. The van der Waals surface area contributed by atoms with E-state index in [0.29, 0.717) is 0 Å². The predicted octanol–water partition coefficient (Wildman–Crippen LogP) is 7.46. The quantitative estimate of drug-likeness (QED) is 0.201. The van der Waals surface area contributed by atoms with Crippen LogP contribution < -0.4 is 0 Å². The van der Waals surface area contributed by atoms with Gasteiger partial charge in [-0.3, -0.25) is 9.59 Å². The molecule has 0 radical (unpaired) electrons. The number of aliphatic hydroxyl groups excluding tert-OH is 1. The fourth-order valence-corrected chi connectivity index (χ4v) is 2.94. The molecular formula is C16H7F23O3S. The average Bonchev–Trinajstić information content (AvgIpc) is 2.80. The maximum absolute atomic E-state index is 13.7. The summed E-state index contributed by atoms with van der Waals surface area (Å²) in [6.45, 7) is -1.57. The minimum atomic E-state index is -9.48. The van der Waals surface area contributed by atoms with Gasteiger partial charge in [-0.25, -0.2) is 0 Å². The zero-order chi connectivity index (χ0) is 35.5. The Balaban J connectivity index is 6.93. The Labute approximate surface area is 223 Å². The number of thioether (sulfide) groups is 1. The first-order chi connectivity index (χ1) is 18.3. The Bertz CT molecular complexity index is 1050. The van der Waals surface area contributed by atoms with Gasteiger partial charge in [0.2, 0.25) is 5.12 Å². The van der Waals surface area contributed by atoms with Crippen LogP contribution in [0.4, 0.5) is 101 Å². The molecule has 1 N–H and O–H groups in total. The van der Waals surface area contributed by atoms with Crippen molar-refractivity contribution in [3.63, 3.8) is 0 Å². The summed E-state index contributed by atoms with van der Waals surface area (Å²) < 4.78 is 306. The molecule has 0 aliphatic rings. The third-order valence-corrected chi connectivity index (χ3v) is 5.76. The lowest BCUT2D eigenvalue weighted by Crippen LogP contribution is -2.77. The largest absolute Gasteiger partial charge is 0.460 e. The molecule has 0 aromatic rings. The predicted molar refractivity (Wildman–Crippen MR) is 89.4 cm³/mol. The van der Waals surface area contributed by atoms with E-state index in [0.717, 1.165) is 0 Å². The van der Waals surface area contributed by atoms with Crippen molar-refractivity contribution in [2.24, 2.45) is 0 Å². The molecule has 256 valence electrons. The fourth-order valence-electron chi connectivity index (χ4n) is 2.41. The van der Waals surface area contributed by atoms with Crippen molar-refractivity contribution >= 4 is 22.0 Å². The van der Waals surface area contributed by atoms with E-state index in [4.69, 9.17) is 5.11 Å². The number of hydrogen-bond donors (Lipinski definition) is 1. The van der Waals surface area contributed by atoms with Crippen LogP contribution in [0.3, 0.4) is 0 Å². The van der Waals surface area contributed by atoms with Crippen LogP contribution in [0.5, 0.6) is 0 Å². The van der Waals surface area contributed by atoms with E-state index in [-0.39, 0.29) is 0 Å². The van der Waals surface area contributed by atoms with E-state index < -0.39 is 107 Å². The number of carbonyl (C=O) groups is 2. The van der Waals surface area contributed by atoms with Crippen LogP contribution in [-0.2, 0) is 9.59 Å². The first-order valence-electron chi connectivity index (χ1n) is 9.54. The van der Waals surface area contributed by atoms with Gasteiger partial charge >= 0.3 is 65.4 Å². The molecule has 0 rings (SSSR count). The number of rotatable bonds is 13. The molecule has 0 aromatic carbocycles. The van der Waals surface area contributed by atoms with Crippen LogP contribution in [0, 0.1) is 0 Å². The van der Waals surface area contributed by atoms with Gasteiger partial charge < -0.3 is 5.11 Å². The normalized spacial score (nSPS) is 16.0. The smallest absolute Gasteiger partial charge is 0.388 e. The molecule has 0 aliphatic heterocycles. The minimum absolute atomic E-state index is 0.819. The topological polar surface area (TPSA) is 54.4 Å². The lowest BCUT2D eigenvalue weighted by atomic mass is 9.85. The summed E-state index contributed by atoms with van der Waals surface area (Å²) in [6, 6.07) is 0. The molecular weight excluding hydrogens is 709 g/mol. The molecule has 27 heteroatoms. The second-order valence-electron chi connectivity index (χ2n) is 7.88. The van der Waals surface area contributed by atoms with Gasteiger partial charge in [-0.1, -0.05) is 0 Å².